The van der Waals surface area contributed by atoms with Crippen molar-refractivity contribution >= 4 is 28.5 Å². The zero-order valence-corrected chi connectivity index (χ0v) is 12.2. The topological polar surface area (TPSA) is 37.8 Å². The summed E-state index contributed by atoms with van der Waals surface area (Å²) in [6, 6.07) is 6.77. The largest absolute Gasteiger partial charge is 0.381 e. The maximum Gasteiger partial charge on any atom is 0.0907 e. The molecular formula is C15H19N3S. The molecule has 0 saturated carbocycles. The summed E-state index contributed by atoms with van der Waals surface area (Å²) in [5.41, 5.74) is 3.48. The Hall–Kier alpha value is -1.29. The summed E-state index contributed by atoms with van der Waals surface area (Å²) in [6.07, 6.45) is 4.69. The predicted octanol–water partition coefficient (Wildman–Crippen LogP) is 3.57. The zero-order valence-electron chi connectivity index (χ0n) is 11.4. The van der Waals surface area contributed by atoms with Crippen LogP contribution in [0.2, 0.25) is 0 Å². The third kappa shape index (κ3) is 3.00. The molecule has 1 aliphatic rings. The SMILES string of the molecule is CC1(C)CSCC(Nc2ccc3nccnc3c2)C1. The lowest BCUT2D eigenvalue weighted by Crippen LogP contribution is -2.35. The number of nitrogens with zero attached hydrogens (tertiary/aromatic N) is 2. The second-order valence-corrected chi connectivity index (χ2v) is 7.01. The lowest BCUT2D eigenvalue weighted by Gasteiger charge is -2.35. The molecule has 100 valence electrons. The Balaban J connectivity index is 1.77. The van der Waals surface area contributed by atoms with Gasteiger partial charge in [0.15, 0.2) is 0 Å². The van der Waals surface area contributed by atoms with E-state index in [2.05, 4.69) is 41.3 Å². The van der Waals surface area contributed by atoms with Gasteiger partial charge in [-0.3, -0.25) is 9.97 Å². The second-order valence-electron chi connectivity index (χ2n) is 5.98. The van der Waals surface area contributed by atoms with E-state index in [-0.39, 0.29) is 0 Å². The fourth-order valence-corrected chi connectivity index (χ4v) is 3.92. The smallest absolute Gasteiger partial charge is 0.0907 e. The van der Waals surface area contributed by atoms with Crippen LogP contribution in [-0.4, -0.2) is 27.5 Å². The van der Waals surface area contributed by atoms with Gasteiger partial charge in [-0.15, -0.1) is 0 Å². The van der Waals surface area contributed by atoms with Gasteiger partial charge >= 0.3 is 0 Å². The number of aromatic nitrogens is 2. The van der Waals surface area contributed by atoms with Crippen LogP contribution in [0.4, 0.5) is 5.69 Å². The first-order valence-electron chi connectivity index (χ1n) is 6.67. The normalized spacial score (nSPS) is 22.3. The van der Waals surface area contributed by atoms with Crippen molar-refractivity contribution < 1.29 is 0 Å². The highest BCUT2D eigenvalue weighted by molar-refractivity contribution is 7.99. The molecule has 1 N–H and O–H groups in total. The van der Waals surface area contributed by atoms with Gasteiger partial charge in [0.2, 0.25) is 0 Å². The molecule has 2 aromatic rings. The summed E-state index contributed by atoms with van der Waals surface area (Å²) >= 11 is 2.04. The molecular weight excluding hydrogens is 254 g/mol. The summed E-state index contributed by atoms with van der Waals surface area (Å²) in [6.45, 7) is 4.69. The fraction of sp³-hybridized carbons (Fsp3) is 0.467. The molecule has 19 heavy (non-hydrogen) atoms. The van der Waals surface area contributed by atoms with Crippen LogP contribution in [0.5, 0.6) is 0 Å². The van der Waals surface area contributed by atoms with Gasteiger partial charge in [0, 0.05) is 29.9 Å². The number of hydrogen-bond donors (Lipinski definition) is 1. The highest BCUT2D eigenvalue weighted by Gasteiger charge is 2.28. The highest BCUT2D eigenvalue weighted by Crippen LogP contribution is 2.34. The molecule has 0 bridgehead atoms. The Morgan fingerprint density at radius 2 is 2.00 bits per heavy atom. The van der Waals surface area contributed by atoms with E-state index < -0.39 is 0 Å². The first-order valence-corrected chi connectivity index (χ1v) is 7.83. The van der Waals surface area contributed by atoms with Gasteiger partial charge in [-0.05, 0) is 35.8 Å². The van der Waals surface area contributed by atoms with Crippen molar-refractivity contribution in [2.75, 3.05) is 16.8 Å². The summed E-state index contributed by atoms with van der Waals surface area (Å²) in [5.74, 6) is 2.44. The van der Waals surface area contributed by atoms with Crippen molar-refractivity contribution in [3.8, 4) is 0 Å². The van der Waals surface area contributed by atoms with Crippen molar-refractivity contribution in [2.24, 2.45) is 5.41 Å². The molecule has 1 fully saturated rings. The summed E-state index contributed by atoms with van der Waals surface area (Å²) in [4.78, 5) is 8.65. The molecule has 1 saturated heterocycles. The van der Waals surface area contributed by atoms with Gasteiger partial charge < -0.3 is 5.32 Å². The van der Waals surface area contributed by atoms with Crippen molar-refractivity contribution in [2.45, 2.75) is 26.3 Å². The molecule has 3 rings (SSSR count). The molecule has 1 unspecified atom stereocenters. The Kier molecular flexibility index (Phi) is 3.35. The number of thioether (sulfide) groups is 1. The van der Waals surface area contributed by atoms with E-state index in [0.29, 0.717) is 11.5 Å². The zero-order chi connectivity index (χ0) is 13.3. The molecule has 1 aliphatic heterocycles. The molecule has 1 aromatic carbocycles. The van der Waals surface area contributed by atoms with E-state index in [9.17, 15) is 0 Å². The van der Waals surface area contributed by atoms with Crippen LogP contribution >= 0.6 is 11.8 Å². The minimum atomic E-state index is 0.428. The number of anilines is 1. The van der Waals surface area contributed by atoms with Crippen LogP contribution in [0.25, 0.3) is 11.0 Å². The minimum Gasteiger partial charge on any atom is -0.381 e. The van der Waals surface area contributed by atoms with E-state index in [1.54, 1.807) is 12.4 Å². The van der Waals surface area contributed by atoms with Crippen molar-refractivity contribution in [3.05, 3.63) is 30.6 Å². The van der Waals surface area contributed by atoms with Gasteiger partial charge in [0.1, 0.15) is 0 Å². The molecule has 0 amide bonds. The maximum atomic E-state index is 4.36. The first-order chi connectivity index (χ1) is 9.12. The third-order valence-corrected chi connectivity index (χ3v) is 5.07. The first kappa shape index (κ1) is 12.7. The van der Waals surface area contributed by atoms with Crippen LogP contribution in [0.3, 0.4) is 0 Å². The number of hydrogen-bond acceptors (Lipinski definition) is 4. The molecule has 1 atom stereocenters. The Morgan fingerprint density at radius 1 is 1.21 bits per heavy atom. The minimum absolute atomic E-state index is 0.428. The maximum absolute atomic E-state index is 4.36. The van der Waals surface area contributed by atoms with Crippen LogP contribution in [0.15, 0.2) is 30.6 Å². The molecule has 1 aromatic heterocycles. The van der Waals surface area contributed by atoms with E-state index >= 15 is 0 Å². The average Bonchev–Trinajstić information content (AvgIpc) is 2.37. The summed E-state index contributed by atoms with van der Waals surface area (Å²) in [7, 11) is 0. The van der Waals surface area contributed by atoms with Crippen LogP contribution in [-0.2, 0) is 0 Å². The standard InChI is InChI=1S/C15H19N3S/c1-15(2)8-12(9-19-10-15)18-11-3-4-13-14(7-11)17-6-5-16-13/h3-7,12,18H,8-10H2,1-2H3. The van der Waals surface area contributed by atoms with Crippen molar-refractivity contribution in [3.63, 3.8) is 0 Å². The van der Waals surface area contributed by atoms with Crippen LogP contribution in [0.1, 0.15) is 20.3 Å². The Labute approximate surface area is 118 Å². The van der Waals surface area contributed by atoms with Gasteiger partial charge in [0.05, 0.1) is 11.0 Å². The number of rotatable bonds is 2. The van der Waals surface area contributed by atoms with Gasteiger partial charge in [-0.1, -0.05) is 13.8 Å². The molecule has 0 spiro atoms. The number of fused-ring (bicyclic) bond motifs is 1. The average molecular weight is 273 g/mol. The molecule has 0 aliphatic carbocycles. The molecule has 3 nitrogen and oxygen atoms in total. The van der Waals surface area contributed by atoms with Crippen LogP contribution in [0, 0.1) is 5.41 Å². The number of nitrogens with one attached hydrogen (secondary N) is 1. The number of benzene rings is 1. The van der Waals surface area contributed by atoms with E-state index in [1.807, 2.05) is 17.8 Å². The Bertz CT molecular complexity index is 582. The van der Waals surface area contributed by atoms with Crippen LogP contribution < -0.4 is 5.32 Å². The lowest BCUT2D eigenvalue weighted by molar-refractivity contribution is 0.358. The van der Waals surface area contributed by atoms with Gasteiger partial charge in [-0.2, -0.15) is 11.8 Å². The molecule has 2 heterocycles. The molecule has 4 heteroatoms. The third-order valence-electron chi connectivity index (χ3n) is 3.45. The lowest BCUT2D eigenvalue weighted by atomic mass is 9.88. The quantitative estimate of drug-likeness (QED) is 0.907. The van der Waals surface area contributed by atoms with Crippen molar-refractivity contribution in [1.29, 1.82) is 0 Å². The highest BCUT2D eigenvalue weighted by atomic mass is 32.2. The summed E-state index contributed by atoms with van der Waals surface area (Å²) in [5, 5.41) is 3.64. The summed E-state index contributed by atoms with van der Waals surface area (Å²) < 4.78 is 0. The molecule has 0 radical (unpaired) electrons. The van der Waals surface area contributed by atoms with E-state index in [0.717, 1.165) is 16.7 Å². The van der Waals surface area contributed by atoms with Gasteiger partial charge in [0.25, 0.3) is 0 Å². The van der Waals surface area contributed by atoms with Gasteiger partial charge in [-0.25, -0.2) is 0 Å². The van der Waals surface area contributed by atoms with Crippen molar-refractivity contribution in [1.82, 2.24) is 9.97 Å². The van der Waals surface area contributed by atoms with E-state index in [4.69, 9.17) is 0 Å². The Morgan fingerprint density at radius 3 is 2.79 bits per heavy atom. The predicted molar refractivity (Wildman–Crippen MR) is 82.7 cm³/mol. The van der Waals surface area contributed by atoms with E-state index in [1.165, 1.54) is 17.9 Å². The second kappa shape index (κ2) is 5.00. The fourth-order valence-electron chi connectivity index (χ4n) is 2.64. The monoisotopic (exact) mass is 273 g/mol.